The summed E-state index contributed by atoms with van der Waals surface area (Å²) in [7, 11) is 0. The van der Waals surface area contributed by atoms with Crippen LogP contribution >= 0.6 is 23.4 Å². The summed E-state index contributed by atoms with van der Waals surface area (Å²) in [5.74, 6) is 0.213. The number of rotatable bonds is 7. The van der Waals surface area contributed by atoms with E-state index in [2.05, 4.69) is 10.6 Å². The lowest BCUT2D eigenvalue weighted by Crippen LogP contribution is -2.14. The van der Waals surface area contributed by atoms with E-state index in [4.69, 9.17) is 21.8 Å². The largest absolute Gasteiger partial charge is 0.314 e. The molecule has 0 aliphatic heterocycles. The van der Waals surface area contributed by atoms with Crippen LogP contribution in [0.3, 0.4) is 0 Å². The van der Waals surface area contributed by atoms with Gasteiger partial charge in [-0.05, 0) is 47.0 Å². The van der Waals surface area contributed by atoms with Crippen molar-refractivity contribution in [1.29, 1.82) is 0 Å². The zero-order valence-electron chi connectivity index (χ0n) is 16.5. The molecule has 0 unspecified atom stereocenters. The van der Waals surface area contributed by atoms with E-state index in [0.29, 0.717) is 0 Å². The monoisotopic (exact) mass is 449 g/mol. The minimum Gasteiger partial charge on any atom is -0.314 e. The van der Waals surface area contributed by atoms with Gasteiger partial charge in [-0.25, -0.2) is 10.5 Å². The molecule has 0 atom stereocenters. The Morgan fingerprint density at radius 3 is 2.48 bits per heavy atom. The van der Waals surface area contributed by atoms with Crippen molar-refractivity contribution in [3.8, 4) is 0 Å². The van der Waals surface area contributed by atoms with Crippen LogP contribution in [0.2, 0.25) is 5.02 Å². The van der Waals surface area contributed by atoms with Crippen LogP contribution in [0.25, 0.3) is 17.1 Å². The Hall–Kier alpha value is -3.06. The Bertz CT molecular complexity index is 1220. The maximum Gasteiger partial charge on any atom is 0.267 e. The highest BCUT2D eigenvalue weighted by atomic mass is 35.5. The lowest BCUT2D eigenvalue weighted by atomic mass is 10.1. The summed E-state index contributed by atoms with van der Waals surface area (Å²) in [4.78, 5) is 15.9. The average molecular weight is 450 g/mol. The van der Waals surface area contributed by atoms with Crippen LogP contribution in [0.1, 0.15) is 16.7 Å². The lowest BCUT2D eigenvalue weighted by molar-refractivity contribution is -0.124. The van der Waals surface area contributed by atoms with Gasteiger partial charge in [0.1, 0.15) is 0 Å². The third kappa shape index (κ3) is 5.35. The number of amides is 1. The smallest absolute Gasteiger partial charge is 0.267 e. The molecule has 1 amide bonds. The number of para-hydroxylation sites is 2. The van der Waals surface area contributed by atoms with E-state index in [0.717, 1.165) is 50.2 Å². The number of imidazole rings is 1. The minimum atomic E-state index is -0.556. The van der Waals surface area contributed by atoms with Gasteiger partial charge in [0, 0.05) is 16.9 Å². The number of hydrogen-bond donors (Lipinski definition) is 2. The number of hydrogen-bond acceptors (Lipinski definition) is 4. The number of thioether (sulfide) groups is 1. The van der Waals surface area contributed by atoms with E-state index in [1.165, 1.54) is 6.08 Å². The number of carbonyl (C=O) groups is 1. The van der Waals surface area contributed by atoms with Crippen molar-refractivity contribution >= 4 is 46.4 Å². The summed E-state index contributed by atoms with van der Waals surface area (Å²) in [5.41, 5.74) is 6.85. The molecule has 2 N–H and O–H groups in total. The molecule has 1 heterocycles. The molecule has 4 aromatic rings. The second-order valence-corrected chi connectivity index (χ2v) is 8.31. The molecular formula is C24H20ClN3O2S. The van der Waals surface area contributed by atoms with Gasteiger partial charge in [0.25, 0.3) is 5.91 Å². The molecule has 0 saturated carbocycles. The van der Waals surface area contributed by atoms with E-state index in [-0.39, 0.29) is 0 Å². The van der Waals surface area contributed by atoms with Crippen molar-refractivity contribution in [3.05, 3.63) is 101 Å². The van der Waals surface area contributed by atoms with E-state index in [9.17, 15) is 4.79 Å². The Morgan fingerprint density at radius 1 is 1.03 bits per heavy atom. The molecule has 0 radical (unpaired) electrons. The molecular weight excluding hydrogens is 430 g/mol. The number of aromatic nitrogens is 2. The van der Waals surface area contributed by atoms with Crippen molar-refractivity contribution in [2.75, 3.05) is 0 Å². The maximum absolute atomic E-state index is 11.1. The molecule has 0 saturated heterocycles. The minimum absolute atomic E-state index is 0.556. The number of benzene rings is 3. The molecule has 0 aliphatic carbocycles. The Labute approximate surface area is 189 Å². The highest BCUT2D eigenvalue weighted by Gasteiger charge is 2.12. The predicted octanol–water partition coefficient (Wildman–Crippen LogP) is 5.55. The first-order valence-corrected chi connectivity index (χ1v) is 11.0. The Morgan fingerprint density at radius 2 is 1.74 bits per heavy atom. The second kappa shape index (κ2) is 9.83. The van der Waals surface area contributed by atoms with Crippen molar-refractivity contribution in [3.63, 3.8) is 0 Å². The molecule has 7 heteroatoms. The molecule has 3 aromatic carbocycles. The maximum atomic E-state index is 11.1. The molecule has 0 aliphatic rings. The average Bonchev–Trinajstić information content (AvgIpc) is 3.15. The fourth-order valence-corrected chi connectivity index (χ4v) is 4.27. The van der Waals surface area contributed by atoms with Crippen molar-refractivity contribution in [1.82, 2.24) is 15.0 Å². The normalized spacial score (nSPS) is 11.3. The summed E-state index contributed by atoms with van der Waals surface area (Å²) < 4.78 is 2.23. The number of nitrogens with zero attached hydrogens (tertiary/aromatic N) is 2. The molecule has 5 nitrogen and oxygen atoms in total. The van der Waals surface area contributed by atoms with Gasteiger partial charge in [-0.15, -0.1) is 0 Å². The number of halogens is 1. The third-order valence-corrected chi connectivity index (χ3v) is 6.06. The van der Waals surface area contributed by atoms with Crippen LogP contribution < -0.4 is 5.48 Å². The Kier molecular flexibility index (Phi) is 6.72. The standard InChI is InChI=1S/C24H20ClN3O2S/c25-20-12-9-18(10-13-20)15-28-22-4-2-1-3-21(22)26-24(28)31-16-19-7-5-17(6-8-19)11-14-23(29)27-30/h1-14,30H,15-16H2,(H,27,29)/b14-11+. The van der Waals surface area contributed by atoms with Crippen molar-refractivity contribution in [2.45, 2.75) is 17.5 Å². The molecule has 1 aromatic heterocycles. The molecule has 0 bridgehead atoms. The van der Waals surface area contributed by atoms with Gasteiger partial charge in [-0.1, -0.05) is 71.9 Å². The number of nitrogens with one attached hydrogen (secondary N) is 1. The van der Waals surface area contributed by atoms with Gasteiger partial charge in [0.05, 0.1) is 17.6 Å². The van der Waals surface area contributed by atoms with Gasteiger partial charge in [0.15, 0.2) is 5.16 Å². The topological polar surface area (TPSA) is 67.2 Å². The molecule has 156 valence electrons. The van der Waals surface area contributed by atoms with Crippen LogP contribution in [0.15, 0.2) is 84.0 Å². The summed E-state index contributed by atoms with van der Waals surface area (Å²) in [6, 6.07) is 24.0. The first-order chi connectivity index (χ1) is 15.1. The first kappa shape index (κ1) is 21.2. The van der Waals surface area contributed by atoms with Crippen LogP contribution in [0.5, 0.6) is 0 Å². The van der Waals surface area contributed by atoms with Crippen molar-refractivity contribution in [2.24, 2.45) is 0 Å². The number of carbonyl (C=O) groups excluding carboxylic acids is 1. The fraction of sp³-hybridized carbons (Fsp3) is 0.0833. The molecule has 4 rings (SSSR count). The summed E-state index contributed by atoms with van der Waals surface area (Å²) in [6.07, 6.45) is 2.93. The summed E-state index contributed by atoms with van der Waals surface area (Å²) in [5, 5.41) is 10.2. The predicted molar refractivity (Wildman–Crippen MR) is 125 cm³/mol. The fourth-order valence-electron chi connectivity index (χ4n) is 3.17. The molecule has 0 spiro atoms. The van der Waals surface area contributed by atoms with Crippen LogP contribution in [-0.2, 0) is 17.1 Å². The highest BCUT2D eigenvalue weighted by molar-refractivity contribution is 7.98. The van der Waals surface area contributed by atoms with E-state index in [1.807, 2.05) is 66.7 Å². The van der Waals surface area contributed by atoms with Gasteiger partial charge < -0.3 is 4.57 Å². The summed E-state index contributed by atoms with van der Waals surface area (Å²) in [6.45, 7) is 0.719. The summed E-state index contributed by atoms with van der Waals surface area (Å²) >= 11 is 7.72. The van der Waals surface area contributed by atoms with Gasteiger partial charge in [-0.2, -0.15) is 0 Å². The van der Waals surface area contributed by atoms with Gasteiger partial charge in [-0.3, -0.25) is 10.0 Å². The number of hydroxylamine groups is 1. The quantitative estimate of drug-likeness (QED) is 0.168. The molecule has 31 heavy (non-hydrogen) atoms. The molecule has 0 fully saturated rings. The van der Waals surface area contributed by atoms with Crippen LogP contribution in [0.4, 0.5) is 0 Å². The van der Waals surface area contributed by atoms with E-state index >= 15 is 0 Å². The first-order valence-electron chi connectivity index (χ1n) is 9.66. The van der Waals surface area contributed by atoms with Gasteiger partial charge in [0.2, 0.25) is 0 Å². The van der Waals surface area contributed by atoms with Crippen LogP contribution in [0, 0.1) is 0 Å². The zero-order chi connectivity index (χ0) is 21.6. The lowest BCUT2D eigenvalue weighted by Gasteiger charge is -2.09. The third-order valence-electron chi connectivity index (χ3n) is 4.76. The highest BCUT2D eigenvalue weighted by Crippen LogP contribution is 2.28. The zero-order valence-corrected chi connectivity index (χ0v) is 18.1. The SMILES string of the molecule is O=C(/C=C/c1ccc(CSc2nc3ccccc3n2Cc2ccc(Cl)cc2)cc1)NO. The Balaban J connectivity index is 1.52. The van der Waals surface area contributed by atoms with Gasteiger partial charge >= 0.3 is 0 Å². The van der Waals surface area contributed by atoms with Crippen LogP contribution in [-0.4, -0.2) is 20.7 Å². The van der Waals surface area contributed by atoms with Crippen molar-refractivity contribution < 1.29 is 10.0 Å². The second-order valence-electron chi connectivity index (χ2n) is 6.94. The van der Waals surface area contributed by atoms with E-state index < -0.39 is 5.91 Å². The number of fused-ring (bicyclic) bond motifs is 1. The van der Waals surface area contributed by atoms with E-state index in [1.54, 1.807) is 23.3 Å².